The number of fused-ring (bicyclic) bond motifs is 3. The number of aryl methyl sites for hydroxylation is 2. The summed E-state index contributed by atoms with van der Waals surface area (Å²) in [5, 5.41) is 4.04. The molecule has 33 heavy (non-hydrogen) atoms. The number of carbonyl (C=O) groups excluding carboxylic acids is 1. The first kappa shape index (κ1) is 21.8. The Kier molecular flexibility index (Phi) is 6.48. The number of nitrogens with one attached hydrogen (secondary N) is 1. The highest BCUT2D eigenvalue weighted by molar-refractivity contribution is 5.84. The van der Waals surface area contributed by atoms with Gasteiger partial charge in [-0.2, -0.15) is 0 Å². The fourth-order valence-corrected chi connectivity index (χ4v) is 4.73. The summed E-state index contributed by atoms with van der Waals surface area (Å²) in [6.45, 7) is 7.88. The average molecular weight is 449 g/mol. The zero-order chi connectivity index (χ0) is 22.6. The van der Waals surface area contributed by atoms with Crippen LogP contribution in [0.25, 0.3) is 11.0 Å². The van der Waals surface area contributed by atoms with Gasteiger partial charge >= 0.3 is 0 Å². The molecule has 5 rings (SSSR count). The van der Waals surface area contributed by atoms with E-state index in [4.69, 9.17) is 9.15 Å². The smallest absolute Gasteiger partial charge is 0.258 e. The Morgan fingerprint density at radius 3 is 2.76 bits per heavy atom. The van der Waals surface area contributed by atoms with Crippen LogP contribution in [0.3, 0.4) is 0 Å². The van der Waals surface area contributed by atoms with Gasteiger partial charge < -0.3 is 24.3 Å². The van der Waals surface area contributed by atoms with Crippen LogP contribution >= 0.6 is 0 Å². The summed E-state index contributed by atoms with van der Waals surface area (Å²) in [4.78, 5) is 21.7. The lowest BCUT2D eigenvalue weighted by atomic mass is 9.96. The molecule has 0 unspecified atom stereocenters. The summed E-state index contributed by atoms with van der Waals surface area (Å²) in [6, 6.07) is 9.88. The molecule has 1 amide bonds. The number of rotatable bonds is 7. The lowest BCUT2D eigenvalue weighted by molar-refractivity contribution is -0.123. The van der Waals surface area contributed by atoms with E-state index in [1.807, 2.05) is 36.5 Å². The maximum absolute atomic E-state index is 12.3. The zero-order valence-electron chi connectivity index (χ0n) is 19.3. The fourth-order valence-electron chi connectivity index (χ4n) is 4.73. The van der Waals surface area contributed by atoms with Crippen LogP contribution < -0.4 is 15.0 Å². The van der Waals surface area contributed by atoms with Gasteiger partial charge in [-0.25, -0.2) is 4.98 Å². The third-order valence-electron chi connectivity index (χ3n) is 6.74. The van der Waals surface area contributed by atoms with E-state index >= 15 is 0 Å². The normalized spacial score (nSPS) is 16.6. The van der Waals surface area contributed by atoms with Crippen LogP contribution in [0.4, 0.5) is 5.82 Å². The standard InChI is InChI=1S/C26H32N4O3/c1-2-29-11-13-30(14-12-29)25-10-7-19(16-27-25)17-28-26(31)18-32-20-8-9-24-22(15-20)21-5-3-4-6-23(21)33-24/h7-10,15-16H,2-6,11-14,17-18H2,1H3,(H,28,31). The summed E-state index contributed by atoms with van der Waals surface area (Å²) in [5.41, 5.74) is 3.18. The van der Waals surface area contributed by atoms with Gasteiger partial charge in [0.2, 0.25) is 0 Å². The molecule has 2 aromatic heterocycles. The van der Waals surface area contributed by atoms with Crippen LogP contribution in [-0.4, -0.2) is 55.1 Å². The summed E-state index contributed by atoms with van der Waals surface area (Å²) in [5.74, 6) is 2.65. The SMILES string of the molecule is CCN1CCN(c2ccc(CNC(=O)COc3ccc4oc5c(c4c3)CCCC5)cn2)CC1. The minimum atomic E-state index is -0.149. The Balaban J connectivity index is 1.11. The highest BCUT2D eigenvalue weighted by Gasteiger charge is 2.19. The van der Waals surface area contributed by atoms with Crippen molar-refractivity contribution in [1.29, 1.82) is 0 Å². The van der Waals surface area contributed by atoms with Gasteiger partial charge in [0.05, 0.1) is 0 Å². The highest BCUT2D eigenvalue weighted by Crippen LogP contribution is 2.33. The van der Waals surface area contributed by atoms with Crippen molar-refractivity contribution >= 4 is 22.7 Å². The molecule has 174 valence electrons. The lowest BCUT2D eigenvalue weighted by Crippen LogP contribution is -2.46. The Morgan fingerprint density at radius 1 is 1.12 bits per heavy atom. The van der Waals surface area contributed by atoms with E-state index in [-0.39, 0.29) is 12.5 Å². The fraction of sp³-hybridized carbons (Fsp3) is 0.462. The van der Waals surface area contributed by atoms with Crippen molar-refractivity contribution in [2.75, 3.05) is 44.2 Å². The minimum absolute atomic E-state index is 0.0151. The summed E-state index contributed by atoms with van der Waals surface area (Å²) in [6.07, 6.45) is 6.28. The molecule has 1 aromatic carbocycles. The number of amides is 1. The number of nitrogens with zero attached hydrogens (tertiary/aromatic N) is 3. The molecule has 1 N–H and O–H groups in total. The zero-order valence-corrected chi connectivity index (χ0v) is 19.3. The van der Waals surface area contributed by atoms with E-state index < -0.39 is 0 Å². The Bertz CT molecular complexity index is 1100. The number of pyridine rings is 1. The van der Waals surface area contributed by atoms with Crippen molar-refractivity contribution in [3.05, 3.63) is 53.4 Å². The summed E-state index contributed by atoms with van der Waals surface area (Å²) < 4.78 is 11.7. The number of piperazine rings is 1. The molecule has 7 heteroatoms. The predicted molar refractivity (Wildman–Crippen MR) is 129 cm³/mol. The van der Waals surface area contributed by atoms with E-state index in [1.165, 1.54) is 18.4 Å². The Labute approximate surface area is 194 Å². The second-order valence-corrected chi connectivity index (χ2v) is 8.88. The first-order valence-electron chi connectivity index (χ1n) is 12.1. The van der Waals surface area contributed by atoms with E-state index in [2.05, 4.69) is 27.0 Å². The molecule has 1 aliphatic carbocycles. The van der Waals surface area contributed by atoms with Crippen molar-refractivity contribution in [2.45, 2.75) is 39.2 Å². The van der Waals surface area contributed by atoms with Crippen molar-refractivity contribution < 1.29 is 13.9 Å². The number of likely N-dealkylation sites (N-methyl/N-ethyl adjacent to an activating group) is 1. The molecule has 7 nitrogen and oxygen atoms in total. The van der Waals surface area contributed by atoms with E-state index in [0.717, 1.165) is 73.7 Å². The van der Waals surface area contributed by atoms with Crippen molar-refractivity contribution in [3.63, 3.8) is 0 Å². The highest BCUT2D eigenvalue weighted by atomic mass is 16.5. The molecule has 0 bridgehead atoms. The quantitative estimate of drug-likeness (QED) is 0.596. The molecule has 0 radical (unpaired) electrons. The molecule has 0 spiro atoms. The number of hydrogen-bond acceptors (Lipinski definition) is 6. The van der Waals surface area contributed by atoms with Gasteiger partial charge in [0, 0.05) is 56.3 Å². The van der Waals surface area contributed by atoms with E-state index in [9.17, 15) is 4.79 Å². The summed E-state index contributed by atoms with van der Waals surface area (Å²) in [7, 11) is 0. The predicted octanol–water partition coefficient (Wildman–Crippen LogP) is 3.54. The van der Waals surface area contributed by atoms with E-state index in [0.29, 0.717) is 12.3 Å². The second-order valence-electron chi connectivity index (χ2n) is 8.88. The molecule has 0 saturated carbocycles. The Hall–Kier alpha value is -3.06. The number of anilines is 1. The van der Waals surface area contributed by atoms with Crippen LogP contribution in [0.1, 0.15) is 36.7 Å². The van der Waals surface area contributed by atoms with Crippen LogP contribution in [-0.2, 0) is 24.2 Å². The number of benzene rings is 1. The van der Waals surface area contributed by atoms with Gasteiger partial charge in [-0.15, -0.1) is 0 Å². The van der Waals surface area contributed by atoms with Crippen LogP contribution in [0.2, 0.25) is 0 Å². The van der Waals surface area contributed by atoms with Gasteiger partial charge in [0.25, 0.3) is 5.91 Å². The average Bonchev–Trinajstić information content (AvgIpc) is 3.24. The number of carbonyl (C=O) groups is 1. The number of ether oxygens (including phenoxy) is 1. The number of furan rings is 1. The molecular weight excluding hydrogens is 416 g/mol. The summed E-state index contributed by atoms with van der Waals surface area (Å²) >= 11 is 0. The van der Waals surface area contributed by atoms with Crippen LogP contribution in [0.5, 0.6) is 5.75 Å². The lowest BCUT2D eigenvalue weighted by Gasteiger charge is -2.34. The van der Waals surface area contributed by atoms with Gasteiger partial charge in [-0.05, 0) is 55.6 Å². The molecule has 3 aromatic rings. The Morgan fingerprint density at radius 2 is 1.97 bits per heavy atom. The number of aromatic nitrogens is 1. The monoisotopic (exact) mass is 448 g/mol. The molecule has 2 aliphatic rings. The largest absolute Gasteiger partial charge is 0.484 e. The topological polar surface area (TPSA) is 70.8 Å². The molecular formula is C26H32N4O3. The molecule has 1 saturated heterocycles. The van der Waals surface area contributed by atoms with Gasteiger partial charge in [0.1, 0.15) is 22.9 Å². The third kappa shape index (κ3) is 4.98. The first-order chi connectivity index (χ1) is 16.2. The third-order valence-corrected chi connectivity index (χ3v) is 6.74. The molecule has 0 atom stereocenters. The maximum Gasteiger partial charge on any atom is 0.258 e. The van der Waals surface area contributed by atoms with Crippen molar-refractivity contribution in [2.24, 2.45) is 0 Å². The van der Waals surface area contributed by atoms with Crippen molar-refractivity contribution in [1.82, 2.24) is 15.2 Å². The second kappa shape index (κ2) is 9.83. The molecule has 1 fully saturated rings. The number of hydrogen-bond donors (Lipinski definition) is 1. The van der Waals surface area contributed by atoms with Gasteiger partial charge in [-0.3, -0.25) is 4.79 Å². The van der Waals surface area contributed by atoms with Gasteiger partial charge in [-0.1, -0.05) is 13.0 Å². The maximum atomic E-state index is 12.3. The first-order valence-corrected chi connectivity index (χ1v) is 12.1. The van der Waals surface area contributed by atoms with Crippen LogP contribution in [0.15, 0.2) is 40.9 Å². The molecule has 3 heterocycles. The van der Waals surface area contributed by atoms with E-state index in [1.54, 1.807) is 0 Å². The van der Waals surface area contributed by atoms with Crippen molar-refractivity contribution in [3.8, 4) is 5.75 Å². The molecule has 1 aliphatic heterocycles. The van der Waals surface area contributed by atoms with Gasteiger partial charge in [0.15, 0.2) is 6.61 Å². The van der Waals surface area contributed by atoms with Crippen LogP contribution in [0, 0.1) is 0 Å². The minimum Gasteiger partial charge on any atom is -0.484 e.